The van der Waals surface area contributed by atoms with Gasteiger partial charge < -0.3 is 14.7 Å². The molecule has 1 N–H and O–H groups in total. The van der Waals surface area contributed by atoms with E-state index in [9.17, 15) is 0 Å². The van der Waals surface area contributed by atoms with Gasteiger partial charge in [0.1, 0.15) is 0 Å². The summed E-state index contributed by atoms with van der Waals surface area (Å²) in [6.45, 7) is 5.38. The van der Waals surface area contributed by atoms with Gasteiger partial charge in [-0.3, -0.25) is 4.57 Å². The molecule has 0 bridgehead atoms. The van der Waals surface area contributed by atoms with Gasteiger partial charge >= 0.3 is 0 Å². The van der Waals surface area contributed by atoms with Crippen LogP contribution < -0.4 is 4.90 Å². The molecule has 6 nitrogen and oxygen atoms in total. The van der Waals surface area contributed by atoms with E-state index >= 15 is 0 Å². The van der Waals surface area contributed by atoms with Crippen LogP contribution in [-0.4, -0.2) is 58.5 Å². The number of thioether (sulfide) groups is 1. The molecule has 1 saturated heterocycles. The minimum Gasteiger partial charge on any atom is -0.396 e. The predicted molar refractivity (Wildman–Crippen MR) is 91.6 cm³/mol. The van der Waals surface area contributed by atoms with Crippen LogP contribution >= 0.6 is 11.8 Å². The van der Waals surface area contributed by atoms with E-state index in [0.29, 0.717) is 13.2 Å². The third-order valence-corrected chi connectivity index (χ3v) is 4.82. The molecule has 3 rings (SSSR count). The zero-order valence-electron chi connectivity index (χ0n) is 13.3. The lowest BCUT2D eigenvalue weighted by Gasteiger charge is -2.28. The number of nitrogens with zero attached hydrogens (tertiary/aromatic N) is 4. The molecule has 1 fully saturated rings. The number of morpholine rings is 1. The first-order chi connectivity index (χ1) is 11.3. The molecule has 0 spiro atoms. The number of hydrogen-bond acceptors (Lipinski definition) is 6. The highest BCUT2D eigenvalue weighted by Gasteiger charge is 2.22. The average Bonchev–Trinajstić information content (AvgIpc) is 3.00. The average molecular weight is 334 g/mol. The monoisotopic (exact) mass is 334 g/mol. The van der Waals surface area contributed by atoms with Crippen LogP contribution in [0.2, 0.25) is 0 Å². The lowest BCUT2D eigenvalue weighted by Crippen LogP contribution is -2.38. The number of aryl methyl sites for hydroxylation is 1. The zero-order valence-corrected chi connectivity index (χ0v) is 14.1. The largest absolute Gasteiger partial charge is 0.396 e. The van der Waals surface area contributed by atoms with Crippen molar-refractivity contribution in [1.82, 2.24) is 14.8 Å². The second-order valence-corrected chi connectivity index (χ2v) is 6.49. The van der Waals surface area contributed by atoms with Crippen molar-refractivity contribution in [1.29, 1.82) is 0 Å². The molecule has 0 saturated carbocycles. The Kier molecular flexibility index (Phi) is 5.53. The lowest BCUT2D eigenvalue weighted by atomic mass is 10.2. The van der Waals surface area contributed by atoms with Crippen molar-refractivity contribution in [2.24, 2.45) is 0 Å². The summed E-state index contributed by atoms with van der Waals surface area (Å²) < 4.78 is 7.57. The first kappa shape index (κ1) is 16.3. The molecule has 0 aliphatic carbocycles. The number of aliphatic hydroxyl groups excluding tert-OH is 1. The number of hydrogen-bond donors (Lipinski definition) is 1. The Labute approximate surface area is 140 Å². The summed E-state index contributed by atoms with van der Waals surface area (Å²) in [7, 11) is 0. The second-order valence-electron chi connectivity index (χ2n) is 5.43. The standard InChI is InChI=1S/C16H22N4O2S/c1-13-5-2-3-6-14(13)20-15(19-7-10-22-11-8-19)17-18-16(20)23-12-4-9-21/h2-3,5-6,21H,4,7-12H2,1H3. The van der Waals surface area contributed by atoms with Crippen LogP contribution in [0, 0.1) is 6.92 Å². The third kappa shape index (κ3) is 3.68. The number of aromatic nitrogens is 3. The smallest absolute Gasteiger partial charge is 0.232 e. The number of rotatable bonds is 6. The molecule has 124 valence electrons. The fraction of sp³-hybridized carbons (Fsp3) is 0.500. The fourth-order valence-corrected chi connectivity index (χ4v) is 3.44. The van der Waals surface area contributed by atoms with Crippen molar-refractivity contribution in [3.63, 3.8) is 0 Å². The highest BCUT2D eigenvalue weighted by molar-refractivity contribution is 7.99. The van der Waals surface area contributed by atoms with Gasteiger partial charge in [0, 0.05) is 25.4 Å². The minimum absolute atomic E-state index is 0.196. The van der Waals surface area contributed by atoms with E-state index in [0.717, 1.165) is 42.1 Å². The van der Waals surface area contributed by atoms with Crippen LogP contribution in [0.15, 0.2) is 29.4 Å². The number of para-hydroxylation sites is 1. The molecular weight excluding hydrogens is 312 g/mol. The number of ether oxygens (including phenoxy) is 1. The van der Waals surface area contributed by atoms with Gasteiger partial charge in [-0.2, -0.15) is 0 Å². The van der Waals surface area contributed by atoms with Gasteiger partial charge in [-0.05, 0) is 25.0 Å². The maximum absolute atomic E-state index is 9.01. The van der Waals surface area contributed by atoms with Crippen LogP contribution in [0.25, 0.3) is 5.69 Å². The molecule has 2 aromatic rings. The molecule has 1 aliphatic rings. The quantitative estimate of drug-likeness (QED) is 0.643. The molecule has 2 heterocycles. The third-order valence-electron chi connectivity index (χ3n) is 3.80. The van der Waals surface area contributed by atoms with Crippen LogP contribution in [0.1, 0.15) is 12.0 Å². The first-order valence-corrected chi connectivity index (χ1v) is 8.87. The Balaban J connectivity index is 1.97. The van der Waals surface area contributed by atoms with Crippen molar-refractivity contribution in [3.05, 3.63) is 29.8 Å². The van der Waals surface area contributed by atoms with Gasteiger partial charge in [-0.25, -0.2) is 0 Å². The number of anilines is 1. The number of benzene rings is 1. The maximum Gasteiger partial charge on any atom is 0.232 e. The van der Waals surface area contributed by atoms with Gasteiger partial charge in [-0.1, -0.05) is 30.0 Å². The summed E-state index contributed by atoms with van der Waals surface area (Å²) in [6.07, 6.45) is 0.748. The van der Waals surface area contributed by atoms with Gasteiger partial charge in [0.25, 0.3) is 0 Å². The molecular formula is C16H22N4O2S. The zero-order chi connectivity index (χ0) is 16.1. The SMILES string of the molecule is Cc1ccccc1-n1c(SCCCO)nnc1N1CCOCC1. The van der Waals surface area contributed by atoms with Crippen LogP contribution in [0.4, 0.5) is 5.95 Å². The van der Waals surface area contributed by atoms with Gasteiger partial charge in [-0.15, -0.1) is 10.2 Å². The van der Waals surface area contributed by atoms with Crippen LogP contribution in [0.5, 0.6) is 0 Å². The molecule has 1 aromatic heterocycles. The van der Waals surface area contributed by atoms with E-state index in [4.69, 9.17) is 9.84 Å². The highest BCUT2D eigenvalue weighted by atomic mass is 32.2. The lowest BCUT2D eigenvalue weighted by molar-refractivity contribution is 0.122. The Hall–Kier alpha value is -1.57. The van der Waals surface area contributed by atoms with Crippen molar-refractivity contribution in [2.45, 2.75) is 18.5 Å². The highest BCUT2D eigenvalue weighted by Crippen LogP contribution is 2.28. The van der Waals surface area contributed by atoms with Gasteiger partial charge in [0.2, 0.25) is 5.95 Å². The van der Waals surface area contributed by atoms with Crippen molar-refractivity contribution < 1.29 is 9.84 Å². The predicted octanol–water partition coefficient (Wildman–Crippen LogP) is 1.89. The number of aliphatic hydroxyl groups is 1. The second kappa shape index (κ2) is 7.81. The fourth-order valence-electron chi connectivity index (χ4n) is 2.58. The summed E-state index contributed by atoms with van der Waals surface area (Å²) in [5.74, 6) is 1.69. The van der Waals surface area contributed by atoms with Crippen molar-refractivity contribution in [2.75, 3.05) is 43.6 Å². The van der Waals surface area contributed by atoms with E-state index in [-0.39, 0.29) is 6.61 Å². The van der Waals surface area contributed by atoms with Crippen LogP contribution in [-0.2, 0) is 4.74 Å². The molecule has 0 unspecified atom stereocenters. The molecule has 1 aliphatic heterocycles. The molecule has 23 heavy (non-hydrogen) atoms. The first-order valence-electron chi connectivity index (χ1n) is 7.89. The molecule has 0 amide bonds. The van der Waals surface area contributed by atoms with E-state index in [1.54, 1.807) is 11.8 Å². The Bertz CT molecular complexity index is 641. The Morgan fingerprint density at radius 3 is 2.74 bits per heavy atom. The van der Waals surface area contributed by atoms with E-state index in [1.807, 2.05) is 12.1 Å². The molecule has 1 aromatic carbocycles. The van der Waals surface area contributed by atoms with Gasteiger partial charge in [0.15, 0.2) is 5.16 Å². The summed E-state index contributed by atoms with van der Waals surface area (Å²) in [5, 5.41) is 18.7. The molecule has 0 radical (unpaired) electrons. The topological polar surface area (TPSA) is 63.4 Å². The summed E-state index contributed by atoms with van der Waals surface area (Å²) in [4.78, 5) is 2.22. The van der Waals surface area contributed by atoms with E-state index in [2.05, 4.69) is 38.7 Å². The summed E-state index contributed by atoms with van der Waals surface area (Å²) in [6, 6.07) is 8.27. The molecule has 0 atom stereocenters. The van der Waals surface area contributed by atoms with Gasteiger partial charge in [0.05, 0.1) is 18.9 Å². The normalized spacial score (nSPS) is 15.1. The summed E-state index contributed by atoms with van der Waals surface area (Å²) in [5.41, 5.74) is 2.29. The van der Waals surface area contributed by atoms with E-state index in [1.165, 1.54) is 5.56 Å². The van der Waals surface area contributed by atoms with Crippen LogP contribution in [0.3, 0.4) is 0 Å². The van der Waals surface area contributed by atoms with Crippen molar-refractivity contribution in [3.8, 4) is 5.69 Å². The minimum atomic E-state index is 0.196. The summed E-state index contributed by atoms with van der Waals surface area (Å²) >= 11 is 1.63. The molecule has 7 heteroatoms. The van der Waals surface area contributed by atoms with Crippen molar-refractivity contribution >= 4 is 17.7 Å². The van der Waals surface area contributed by atoms with E-state index < -0.39 is 0 Å². The maximum atomic E-state index is 9.01. The Morgan fingerprint density at radius 1 is 1.22 bits per heavy atom. The Morgan fingerprint density at radius 2 is 2.00 bits per heavy atom.